The Morgan fingerprint density at radius 2 is 1.56 bits per heavy atom. The van der Waals surface area contributed by atoms with Gasteiger partial charge in [0.15, 0.2) is 0 Å². The number of rotatable bonds is 12. The largest absolute Gasteiger partial charge is 0.339 e. The van der Waals surface area contributed by atoms with Crippen molar-refractivity contribution in [1.82, 2.24) is 4.90 Å². The van der Waals surface area contributed by atoms with Crippen LogP contribution in [-0.2, 0) is 0 Å². The molecule has 0 atom stereocenters. The van der Waals surface area contributed by atoms with Crippen molar-refractivity contribution in [3.63, 3.8) is 0 Å². The fourth-order valence-electron chi connectivity index (χ4n) is 2.90. The Hall–Kier alpha value is -1.91. The van der Waals surface area contributed by atoms with Gasteiger partial charge in [-0.2, -0.15) is 0 Å². The summed E-state index contributed by atoms with van der Waals surface area (Å²) < 4.78 is 0. The highest BCUT2D eigenvalue weighted by atomic mass is 16.6. The summed E-state index contributed by atoms with van der Waals surface area (Å²) in [4.78, 5) is 25.5. The Morgan fingerprint density at radius 3 is 2.04 bits per heavy atom. The number of hydrogen-bond donors (Lipinski definition) is 0. The maximum atomic E-state index is 12.9. The zero-order chi connectivity index (χ0) is 18.7. The Morgan fingerprint density at radius 1 is 1.00 bits per heavy atom. The maximum Gasteiger partial charge on any atom is 0.273 e. The van der Waals surface area contributed by atoms with E-state index in [-0.39, 0.29) is 11.6 Å². The van der Waals surface area contributed by atoms with Gasteiger partial charge in [0.05, 0.1) is 4.92 Å². The highest BCUT2D eigenvalue weighted by Gasteiger charge is 2.19. The molecule has 0 spiro atoms. The van der Waals surface area contributed by atoms with Crippen molar-refractivity contribution in [2.24, 2.45) is 0 Å². The molecular weight excluding hydrogens is 316 g/mol. The summed E-state index contributed by atoms with van der Waals surface area (Å²) in [6, 6.07) is 4.79. The Labute approximate surface area is 151 Å². The van der Waals surface area contributed by atoms with Gasteiger partial charge in [0, 0.05) is 30.3 Å². The molecule has 0 fully saturated rings. The molecule has 0 radical (unpaired) electrons. The minimum Gasteiger partial charge on any atom is -0.339 e. The number of hydrogen-bond acceptors (Lipinski definition) is 3. The summed E-state index contributed by atoms with van der Waals surface area (Å²) >= 11 is 0. The number of carbonyl (C=O) groups excluding carboxylic acids is 1. The van der Waals surface area contributed by atoms with E-state index in [4.69, 9.17) is 0 Å². The van der Waals surface area contributed by atoms with Crippen molar-refractivity contribution in [2.75, 3.05) is 13.1 Å². The van der Waals surface area contributed by atoms with Gasteiger partial charge in [0.2, 0.25) is 0 Å². The molecule has 0 aromatic heterocycles. The van der Waals surface area contributed by atoms with Crippen molar-refractivity contribution < 1.29 is 9.72 Å². The quantitative estimate of drug-likeness (QED) is 0.284. The van der Waals surface area contributed by atoms with E-state index in [1.54, 1.807) is 19.1 Å². The molecule has 0 heterocycles. The average Bonchev–Trinajstić information content (AvgIpc) is 2.60. The van der Waals surface area contributed by atoms with Crippen LogP contribution in [0.4, 0.5) is 5.69 Å². The molecule has 0 aliphatic heterocycles. The van der Waals surface area contributed by atoms with Crippen molar-refractivity contribution in [3.05, 3.63) is 39.4 Å². The van der Waals surface area contributed by atoms with E-state index in [0.717, 1.165) is 51.6 Å². The first-order valence-corrected chi connectivity index (χ1v) is 9.55. The predicted octanol–water partition coefficient (Wildman–Crippen LogP) is 5.51. The molecule has 0 N–H and O–H groups in total. The smallest absolute Gasteiger partial charge is 0.273 e. The van der Waals surface area contributed by atoms with Gasteiger partial charge in [-0.1, -0.05) is 58.4 Å². The van der Waals surface area contributed by atoms with Crippen LogP contribution in [0.2, 0.25) is 0 Å². The molecule has 0 saturated heterocycles. The number of amides is 1. The van der Waals surface area contributed by atoms with Crippen LogP contribution in [0.3, 0.4) is 0 Å². The Kier molecular flexibility index (Phi) is 9.81. The molecule has 1 aromatic carbocycles. The topological polar surface area (TPSA) is 63.5 Å². The van der Waals surface area contributed by atoms with Crippen LogP contribution in [0.1, 0.15) is 81.1 Å². The molecule has 25 heavy (non-hydrogen) atoms. The summed E-state index contributed by atoms with van der Waals surface area (Å²) in [5, 5.41) is 11.1. The van der Waals surface area contributed by atoms with Gasteiger partial charge in [-0.05, 0) is 25.8 Å². The minimum absolute atomic E-state index is 0.0164. The van der Waals surface area contributed by atoms with E-state index in [9.17, 15) is 14.9 Å². The van der Waals surface area contributed by atoms with Gasteiger partial charge < -0.3 is 4.90 Å². The van der Waals surface area contributed by atoms with Gasteiger partial charge in [0.1, 0.15) is 0 Å². The highest BCUT2D eigenvalue weighted by molar-refractivity contribution is 5.95. The molecule has 0 unspecified atom stereocenters. The third-order valence-electron chi connectivity index (χ3n) is 4.50. The lowest BCUT2D eigenvalue weighted by atomic mass is 10.1. The maximum absolute atomic E-state index is 12.9. The molecular formula is C20H32N2O3. The van der Waals surface area contributed by atoms with Crippen LogP contribution in [0.15, 0.2) is 18.2 Å². The summed E-state index contributed by atoms with van der Waals surface area (Å²) in [6.07, 6.45) is 8.88. The number of benzene rings is 1. The third-order valence-corrected chi connectivity index (χ3v) is 4.50. The van der Waals surface area contributed by atoms with E-state index in [1.165, 1.54) is 18.9 Å². The first kappa shape index (κ1) is 21.1. The number of aryl methyl sites for hydroxylation is 1. The van der Waals surface area contributed by atoms with Crippen molar-refractivity contribution in [1.29, 1.82) is 0 Å². The second-order valence-corrected chi connectivity index (χ2v) is 6.67. The first-order chi connectivity index (χ1) is 12.0. The van der Waals surface area contributed by atoms with Gasteiger partial charge in [-0.25, -0.2) is 0 Å². The number of unbranched alkanes of at least 4 members (excludes halogenated alkanes) is 6. The van der Waals surface area contributed by atoms with Crippen molar-refractivity contribution >= 4 is 11.6 Å². The van der Waals surface area contributed by atoms with Crippen LogP contribution >= 0.6 is 0 Å². The lowest BCUT2D eigenvalue weighted by Gasteiger charge is -2.23. The van der Waals surface area contributed by atoms with E-state index < -0.39 is 4.92 Å². The molecule has 5 nitrogen and oxygen atoms in total. The monoisotopic (exact) mass is 348 g/mol. The molecule has 1 aromatic rings. The van der Waals surface area contributed by atoms with E-state index in [1.807, 2.05) is 4.90 Å². The Bertz CT molecular complexity index is 546. The van der Waals surface area contributed by atoms with Crippen LogP contribution in [0.25, 0.3) is 0 Å². The SMILES string of the molecule is CCCCCCN(CCCCCC)C(=O)c1ccc(C)c([N+](=O)[O-])c1. The highest BCUT2D eigenvalue weighted by Crippen LogP contribution is 2.21. The van der Waals surface area contributed by atoms with Crippen molar-refractivity contribution in [2.45, 2.75) is 72.1 Å². The van der Waals surface area contributed by atoms with Crippen LogP contribution in [0.5, 0.6) is 0 Å². The zero-order valence-corrected chi connectivity index (χ0v) is 15.9. The lowest BCUT2D eigenvalue weighted by molar-refractivity contribution is -0.385. The molecule has 0 aliphatic carbocycles. The molecule has 0 saturated carbocycles. The molecule has 1 amide bonds. The minimum atomic E-state index is -0.418. The molecule has 0 aliphatic rings. The number of nitro benzene ring substituents is 1. The van der Waals surface area contributed by atoms with Crippen LogP contribution in [0, 0.1) is 17.0 Å². The van der Waals surface area contributed by atoms with E-state index in [0.29, 0.717) is 11.1 Å². The fourth-order valence-corrected chi connectivity index (χ4v) is 2.90. The van der Waals surface area contributed by atoms with Crippen molar-refractivity contribution in [3.8, 4) is 0 Å². The first-order valence-electron chi connectivity index (χ1n) is 9.55. The fraction of sp³-hybridized carbons (Fsp3) is 0.650. The molecule has 1 rings (SSSR count). The molecule has 140 valence electrons. The lowest BCUT2D eigenvalue weighted by Crippen LogP contribution is -2.33. The van der Waals surface area contributed by atoms with Crippen LogP contribution < -0.4 is 0 Å². The standard InChI is InChI=1S/C20H32N2O3/c1-4-6-8-10-14-21(15-11-9-7-5-2)20(23)18-13-12-17(3)19(16-18)22(24)25/h12-13,16H,4-11,14-15H2,1-3H3. The summed E-state index contributed by atoms with van der Waals surface area (Å²) in [5.74, 6) is -0.0869. The van der Waals surface area contributed by atoms with E-state index >= 15 is 0 Å². The third kappa shape index (κ3) is 7.24. The number of nitro groups is 1. The number of nitrogens with zero attached hydrogens (tertiary/aromatic N) is 2. The summed E-state index contributed by atoms with van der Waals surface area (Å²) in [5.41, 5.74) is 1.02. The summed E-state index contributed by atoms with van der Waals surface area (Å²) in [7, 11) is 0. The molecule has 5 heteroatoms. The second kappa shape index (κ2) is 11.6. The average molecular weight is 348 g/mol. The molecule has 0 bridgehead atoms. The summed E-state index contributed by atoms with van der Waals surface area (Å²) in [6.45, 7) is 7.48. The van der Waals surface area contributed by atoms with Gasteiger partial charge in [-0.15, -0.1) is 0 Å². The number of carbonyl (C=O) groups is 1. The predicted molar refractivity (Wildman–Crippen MR) is 102 cm³/mol. The van der Waals surface area contributed by atoms with Gasteiger partial charge >= 0.3 is 0 Å². The van der Waals surface area contributed by atoms with Gasteiger partial charge in [-0.3, -0.25) is 14.9 Å². The van der Waals surface area contributed by atoms with Gasteiger partial charge in [0.25, 0.3) is 11.6 Å². The zero-order valence-electron chi connectivity index (χ0n) is 15.9. The Balaban J connectivity index is 2.81. The van der Waals surface area contributed by atoms with E-state index in [2.05, 4.69) is 13.8 Å². The second-order valence-electron chi connectivity index (χ2n) is 6.67. The van der Waals surface area contributed by atoms with Crippen LogP contribution in [-0.4, -0.2) is 28.8 Å². The normalized spacial score (nSPS) is 10.7.